The predicted molar refractivity (Wildman–Crippen MR) is 66.1 cm³/mol. The van der Waals surface area contributed by atoms with Gasteiger partial charge in [0.15, 0.2) is 9.84 Å². The third-order valence-corrected chi connectivity index (χ3v) is 4.37. The number of anilines is 1. The molecule has 2 rings (SSSR count). The van der Waals surface area contributed by atoms with E-state index in [1.165, 1.54) is 0 Å². The van der Waals surface area contributed by atoms with Gasteiger partial charge < -0.3 is 5.73 Å². The monoisotopic (exact) mass is 235 g/mol. The first kappa shape index (κ1) is 11.0. The molecule has 0 aliphatic heterocycles. The fourth-order valence-corrected chi connectivity index (χ4v) is 2.82. The average Bonchev–Trinajstić information content (AvgIpc) is 2.27. The Balaban J connectivity index is 2.82. The van der Waals surface area contributed by atoms with Crippen LogP contribution in [0, 0.1) is 0 Å². The van der Waals surface area contributed by atoms with E-state index in [9.17, 15) is 8.42 Å². The van der Waals surface area contributed by atoms with Crippen molar-refractivity contribution < 1.29 is 8.42 Å². The van der Waals surface area contributed by atoms with Crippen LogP contribution in [0.1, 0.15) is 6.92 Å². The van der Waals surface area contributed by atoms with Gasteiger partial charge in [0.25, 0.3) is 0 Å². The summed E-state index contributed by atoms with van der Waals surface area (Å²) < 4.78 is 23.7. The number of rotatable bonds is 2. The minimum Gasteiger partial charge on any atom is -0.399 e. The first-order valence-corrected chi connectivity index (χ1v) is 6.71. The zero-order chi connectivity index (χ0) is 11.8. The van der Waals surface area contributed by atoms with E-state index in [0.717, 1.165) is 10.8 Å². The van der Waals surface area contributed by atoms with Gasteiger partial charge in [-0.3, -0.25) is 0 Å². The molecule has 0 spiro atoms. The minimum atomic E-state index is -3.18. The molecule has 2 aromatic rings. The van der Waals surface area contributed by atoms with Gasteiger partial charge in [-0.2, -0.15) is 0 Å². The molecule has 0 saturated carbocycles. The smallest absolute Gasteiger partial charge is 0.178 e. The molecule has 3 nitrogen and oxygen atoms in total. The predicted octanol–water partition coefficient (Wildman–Crippen LogP) is 2.22. The third-order valence-electron chi connectivity index (χ3n) is 2.58. The summed E-state index contributed by atoms with van der Waals surface area (Å²) >= 11 is 0. The molecular weight excluding hydrogens is 222 g/mol. The van der Waals surface area contributed by atoms with E-state index in [0.29, 0.717) is 10.6 Å². The van der Waals surface area contributed by atoms with Crippen LogP contribution in [-0.4, -0.2) is 14.2 Å². The molecule has 0 amide bonds. The highest BCUT2D eigenvalue weighted by atomic mass is 32.2. The van der Waals surface area contributed by atoms with Crippen LogP contribution in [0.25, 0.3) is 10.8 Å². The second-order valence-corrected chi connectivity index (χ2v) is 5.89. The Bertz CT molecular complexity index is 633. The van der Waals surface area contributed by atoms with Crippen molar-refractivity contribution >= 4 is 26.3 Å². The van der Waals surface area contributed by atoms with Crippen LogP contribution in [0.3, 0.4) is 0 Å². The fourth-order valence-electron chi connectivity index (χ4n) is 1.70. The highest BCUT2D eigenvalue weighted by Crippen LogP contribution is 2.25. The molecule has 84 valence electrons. The topological polar surface area (TPSA) is 60.2 Å². The molecule has 0 fully saturated rings. The summed E-state index contributed by atoms with van der Waals surface area (Å²) in [6.07, 6.45) is 0. The molecule has 0 aliphatic carbocycles. The summed E-state index contributed by atoms with van der Waals surface area (Å²) in [6.45, 7) is 1.64. The maximum Gasteiger partial charge on any atom is 0.178 e. The minimum absolute atomic E-state index is 0.108. The van der Waals surface area contributed by atoms with Crippen LogP contribution in [-0.2, 0) is 9.84 Å². The zero-order valence-corrected chi connectivity index (χ0v) is 9.79. The molecule has 0 radical (unpaired) electrons. The van der Waals surface area contributed by atoms with Crippen LogP contribution in [0.15, 0.2) is 41.3 Å². The molecule has 0 atom stereocenters. The van der Waals surface area contributed by atoms with E-state index in [4.69, 9.17) is 5.73 Å². The quantitative estimate of drug-likeness (QED) is 0.812. The molecule has 0 aliphatic rings. The lowest BCUT2D eigenvalue weighted by Gasteiger charge is -2.06. The SMILES string of the molecule is CCS(=O)(=O)c1cccc2cc(N)ccc12. The standard InChI is InChI=1S/C12H13NO2S/c1-2-16(14,15)12-5-3-4-9-8-10(13)6-7-11(9)12/h3-8H,2,13H2,1H3. The van der Waals surface area contributed by atoms with Crippen molar-refractivity contribution in [3.63, 3.8) is 0 Å². The molecular formula is C12H13NO2S. The number of benzene rings is 2. The van der Waals surface area contributed by atoms with Gasteiger partial charge >= 0.3 is 0 Å². The number of fused-ring (bicyclic) bond motifs is 1. The van der Waals surface area contributed by atoms with E-state index in [1.807, 2.05) is 6.07 Å². The van der Waals surface area contributed by atoms with Crippen LogP contribution < -0.4 is 5.73 Å². The maximum atomic E-state index is 11.9. The van der Waals surface area contributed by atoms with Crippen molar-refractivity contribution in [1.29, 1.82) is 0 Å². The lowest BCUT2D eigenvalue weighted by Crippen LogP contribution is -2.04. The van der Waals surface area contributed by atoms with Crippen LogP contribution in [0.5, 0.6) is 0 Å². The second-order valence-electron chi connectivity index (χ2n) is 3.64. The Labute approximate surface area is 94.8 Å². The Hall–Kier alpha value is -1.55. The number of hydrogen-bond acceptors (Lipinski definition) is 3. The Kier molecular flexibility index (Phi) is 2.59. The van der Waals surface area contributed by atoms with Crippen molar-refractivity contribution in [2.45, 2.75) is 11.8 Å². The highest BCUT2D eigenvalue weighted by Gasteiger charge is 2.14. The molecule has 0 unspecified atom stereocenters. The van der Waals surface area contributed by atoms with Gasteiger partial charge in [0.2, 0.25) is 0 Å². The molecule has 0 aromatic heterocycles. The lowest BCUT2D eigenvalue weighted by atomic mass is 10.1. The van der Waals surface area contributed by atoms with E-state index in [2.05, 4.69) is 0 Å². The Morgan fingerprint density at radius 3 is 2.62 bits per heavy atom. The molecule has 0 saturated heterocycles. The molecule has 2 N–H and O–H groups in total. The van der Waals surface area contributed by atoms with Gasteiger partial charge in [0.1, 0.15) is 0 Å². The van der Waals surface area contributed by atoms with Crippen LogP contribution >= 0.6 is 0 Å². The Morgan fingerprint density at radius 1 is 1.19 bits per heavy atom. The van der Waals surface area contributed by atoms with E-state index < -0.39 is 9.84 Å². The van der Waals surface area contributed by atoms with Crippen molar-refractivity contribution in [2.24, 2.45) is 0 Å². The van der Waals surface area contributed by atoms with Crippen molar-refractivity contribution in [3.8, 4) is 0 Å². The van der Waals surface area contributed by atoms with Gasteiger partial charge in [-0.1, -0.05) is 25.1 Å². The van der Waals surface area contributed by atoms with E-state index in [1.54, 1.807) is 37.3 Å². The summed E-state index contributed by atoms with van der Waals surface area (Å²) in [5, 5.41) is 1.59. The zero-order valence-electron chi connectivity index (χ0n) is 8.97. The molecule has 0 heterocycles. The first-order valence-electron chi connectivity index (χ1n) is 5.05. The maximum absolute atomic E-state index is 11.9. The fraction of sp³-hybridized carbons (Fsp3) is 0.167. The van der Waals surface area contributed by atoms with Crippen LogP contribution in [0.2, 0.25) is 0 Å². The van der Waals surface area contributed by atoms with Gasteiger partial charge in [-0.15, -0.1) is 0 Å². The average molecular weight is 235 g/mol. The van der Waals surface area contributed by atoms with Gasteiger partial charge in [-0.05, 0) is 23.6 Å². The van der Waals surface area contributed by atoms with Gasteiger partial charge in [0, 0.05) is 11.1 Å². The normalized spacial score (nSPS) is 11.8. The summed E-state index contributed by atoms with van der Waals surface area (Å²) in [5.74, 6) is 0.108. The van der Waals surface area contributed by atoms with Gasteiger partial charge in [-0.25, -0.2) is 8.42 Å². The Morgan fingerprint density at radius 2 is 1.94 bits per heavy atom. The van der Waals surface area contributed by atoms with Crippen LogP contribution in [0.4, 0.5) is 5.69 Å². The van der Waals surface area contributed by atoms with E-state index >= 15 is 0 Å². The van der Waals surface area contributed by atoms with Crippen molar-refractivity contribution in [1.82, 2.24) is 0 Å². The number of nitrogens with two attached hydrogens (primary N) is 1. The highest BCUT2D eigenvalue weighted by molar-refractivity contribution is 7.91. The number of hydrogen-bond donors (Lipinski definition) is 1. The van der Waals surface area contributed by atoms with Crippen molar-refractivity contribution in [3.05, 3.63) is 36.4 Å². The molecule has 16 heavy (non-hydrogen) atoms. The molecule has 4 heteroatoms. The van der Waals surface area contributed by atoms with Crippen molar-refractivity contribution in [2.75, 3.05) is 11.5 Å². The summed E-state index contributed by atoms with van der Waals surface area (Å²) in [6, 6.07) is 10.5. The first-order chi connectivity index (χ1) is 7.54. The second kappa shape index (κ2) is 3.79. The molecule has 0 bridgehead atoms. The molecule has 2 aromatic carbocycles. The van der Waals surface area contributed by atoms with Gasteiger partial charge in [0.05, 0.1) is 10.6 Å². The summed E-state index contributed by atoms with van der Waals surface area (Å²) in [5.41, 5.74) is 6.30. The summed E-state index contributed by atoms with van der Waals surface area (Å²) in [7, 11) is -3.18. The third kappa shape index (κ3) is 1.76. The summed E-state index contributed by atoms with van der Waals surface area (Å²) in [4.78, 5) is 0.382. The van der Waals surface area contributed by atoms with E-state index in [-0.39, 0.29) is 5.75 Å². The largest absolute Gasteiger partial charge is 0.399 e. The number of sulfone groups is 1. The lowest BCUT2D eigenvalue weighted by molar-refractivity contribution is 0.598. The number of nitrogen functional groups attached to an aromatic ring is 1.